The zero-order chi connectivity index (χ0) is 18.4. The topological polar surface area (TPSA) is 51.2 Å². The SMILES string of the molecule is CCOc1ccc(CCC(=O)NCC(C)c2nc3ccccc3s2)cc1. The second-order valence-corrected chi connectivity index (χ2v) is 7.36. The van der Waals surface area contributed by atoms with Crippen LogP contribution in [0.2, 0.25) is 0 Å². The van der Waals surface area contributed by atoms with E-state index in [-0.39, 0.29) is 11.8 Å². The van der Waals surface area contributed by atoms with Crippen molar-refractivity contribution in [2.45, 2.75) is 32.6 Å². The van der Waals surface area contributed by atoms with Gasteiger partial charge in [0.15, 0.2) is 0 Å². The van der Waals surface area contributed by atoms with Gasteiger partial charge in [0, 0.05) is 18.9 Å². The second kappa shape index (κ2) is 8.81. The first-order chi connectivity index (χ1) is 12.7. The Balaban J connectivity index is 1.45. The minimum atomic E-state index is 0.0758. The highest BCUT2D eigenvalue weighted by molar-refractivity contribution is 7.18. The third kappa shape index (κ3) is 4.82. The fourth-order valence-electron chi connectivity index (χ4n) is 2.72. The van der Waals surface area contributed by atoms with Crippen molar-refractivity contribution >= 4 is 27.5 Å². The number of benzene rings is 2. The molecule has 2 aromatic carbocycles. The Hall–Kier alpha value is -2.40. The van der Waals surface area contributed by atoms with Gasteiger partial charge in [-0.3, -0.25) is 4.79 Å². The lowest BCUT2D eigenvalue weighted by Gasteiger charge is -2.10. The first-order valence-electron chi connectivity index (χ1n) is 8.99. The maximum absolute atomic E-state index is 12.1. The van der Waals surface area contributed by atoms with Gasteiger partial charge in [0.1, 0.15) is 5.75 Å². The van der Waals surface area contributed by atoms with E-state index in [1.165, 1.54) is 4.70 Å². The molecule has 1 heterocycles. The predicted octanol–water partition coefficient (Wildman–Crippen LogP) is 4.55. The molecule has 4 nitrogen and oxygen atoms in total. The molecule has 26 heavy (non-hydrogen) atoms. The Morgan fingerprint density at radius 2 is 1.96 bits per heavy atom. The van der Waals surface area contributed by atoms with E-state index in [4.69, 9.17) is 4.74 Å². The van der Waals surface area contributed by atoms with E-state index in [2.05, 4.69) is 23.3 Å². The first kappa shape index (κ1) is 18.4. The molecule has 0 saturated carbocycles. The van der Waals surface area contributed by atoms with Crippen LogP contribution in [-0.2, 0) is 11.2 Å². The summed E-state index contributed by atoms with van der Waals surface area (Å²) in [5.74, 6) is 1.15. The monoisotopic (exact) mass is 368 g/mol. The predicted molar refractivity (Wildman–Crippen MR) is 107 cm³/mol. The molecule has 0 radical (unpaired) electrons. The zero-order valence-corrected chi connectivity index (χ0v) is 16.0. The van der Waals surface area contributed by atoms with Gasteiger partial charge in [-0.25, -0.2) is 4.98 Å². The molecule has 1 N–H and O–H groups in total. The average Bonchev–Trinajstić information content (AvgIpc) is 3.10. The number of amides is 1. The number of hydrogen-bond donors (Lipinski definition) is 1. The summed E-state index contributed by atoms with van der Waals surface area (Å²) in [6.07, 6.45) is 1.22. The highest BCUT2D eigenvalue weighted by Gasteiger charge is 2.12. The molecule has 5 heteroatoms. The molecule has 0 aliphatic carbocycles. The zero-order valence-electron chi connectivity index (χ0n) is 15.2. The number of nitrogens with one attached hydrogen (secondary N) is 1. The maximum atomic E-state index is 12.1. The summed E-state index contributed by atoms with van der Waals surface area (Å²) in [6.45, 7) is 5.34. The quantitative estimate of drug-likeness (QED) is 0.635. The fourth-order valence-corrected chi connectivity index (χ4v) is 3.74. The number of carbonyl (C=O) groups is 1. The van der Waals surface area contributed by atoms with Gasteiger partial charge in [-0.15, -0.1) is 11.3 Å². The van der Waals surface area contributed by atoms with Gasteiger partial charge < -0.3 is 10.1 Å². The van der Waals surface area contributed by atoms with E-state index >= 15 is 0 Å². The smallest absolute Gasteiger partial charge is 0.220 e. The van der Waals surface area contributed by atoms with Crippen LogP contribution in [0, 0.1) is 0 Å². The molecule has 0 fully saturated rings. The normalized spacial score (nSPS) is 12.1. The van der Waals surface area contributed by atoms with Crippen molar-refractivity contribution in [3.05, 3.63) is 59.1 Å². The summed E-state index contributed by atoms with van der Waals surface area (Å²) >= 11 is 1.70. The van der Waals surface area contributed by atoms with Crippen molar-refractivity contribution in [2.75, 3.05) is 13.2 Å². The highest BCUT2D eigenvalue weighted by atomic mass is 32.1. The summed E-state index contributed by atoms with van der Waals surface area (Å²) in [5, 5.41) is 4.10. The first-order valence-corrected chi connectivity index (χ1v) is 9.81. The molecule has 0 saturated heterocycles. The van der Waals surface area contributed by atoms with Gasteiger partial charge in [0.05, 0.1) is 21.8 Å². The minimum absolute atomic E-state index is 0.0758. The maximum Gasteiger partial charge on any atom is 0.220 e. The number of thiazole rings is 1. The number of carbonyl (C=O) groups excluding carboxylic acids is 1. The number of hydrogen-bond acceptors (Lipinski definition) is 4. The van der Waals surface area contributed by atoms with Crippen LogP contribution < -0.4 is 10.1 Å². The van der Waals surface area contributed by atoms with Crippen molar-refractivity contribution in [3.63, 3.8) is 0 Å². The molecule has 136 valence electrons. The van der Waals surface area contributed by atoms with E-state index in [0.29, 0.717) is 19.6 Å². The van der Waals surface area contributed by atoms with Gasteiger partial charge in [-0.2, -0.15) is 0 Å². The lowest BCUT2D eigenvalue weighted by Crippen LogP contribution is -2.27. The van der Waals surface area contributed by atoms with E-state index < -0.39 is 0 Å². The molecule has 0 spiro atoms. The Labute approximate surface area is 158 Å². The Bertz CT molecular complexity index is 825. The van der Waals surface area contributed by atoms with Crippen molar-refractivity contribution in [1.29, 1.82) is 0 Å². The lowest BCUT2D eigenvalue weighted by atomic mass is 10.1. The number of nitrogens with zero attached hydrogens (tertiary/aromatic N) is 1. The van der Waals surface area contributed by atoms with E-state index in [1.807, 2.05) is 49.4 Å². The fraction of sp³-hybridized carbons (Fsp3) is 0.333. The minimum Gasteiger partial charge on any atom is -0.494 e. The third-order valence-corrected chi connectivity index (χ3v) is 5.48. The molecule has 1 aromatic heterocycles. The van der Waals surface area contributed by atoms with E-state index in [0.717, 1.165) is 28.3 Å². The number of ether oxygens (including phenoxy) is 1. The van der Waals surface area contributed by atoms with Crippen molar-refractivity contribution in [3.8, 4) is 5.75 Å². The summed E-state index contributed by atoms with van der Waals surface area (Å²) in [5.41, 5.74) is 2.17. The van der Waals surface area contributed by atoms with Gasteiger partial charge in [0.25, 0.3) is 0 Å². The molecular weight excluding hydrogens is 344 g/mol. The van der Waals surface area contributed by atoms with Crippen molar-refractivity contribution < 1.29 is 9.53 Å². The number of fused-ring (bicyclic) bond motifs is 1. The van der Waals surface area contributed by atoms with Gasteiger partial charge in [0.2, 0.25) is 5.91 Å². The molecule has 1 amide bonds. The molecule has 1 atom stereocenters. The van der Waals surface area contributed by atoms with Gasteiger partial charge in [-0.05, 0) is 43.2 Å². The summed E-state index contributed by atoms with van der Waals surface area (Å²) in [7, 11) is 0. The second-order valence-electron chi connectivity index (χ2n) is 6.30. The molecular formula is C21H24N2O2S. The van der Waals surface area contributed by atoms with Crippen LogP contribution in [0.15, 0.2) is 48.5 Å². The summed E-state index contributed by atoms with van der Waals surface area (Å²) in [6, 6.07) is 16.1. The molecule has 1 unspecified atom stereocenters. The van der Waals surface area contributed by atoms with Crippen molar-refractivity contribution in [2.24, 2.45) is 0 Å². The van der Waals surface area contributed by atoms with Crippen LogP contribution in [0.25, 0.3) is 10.2 Å². The lowest BCUT2D eigenvalue weighted by molar-refractivity contribution is -0.121. The van der Waals surface area contributed by atoms with Crippen LogP contribution in [0.1, 0.15) is 36.8 Å². The van der Waals surface area contributed by atoms with Crippen molar-refractivity contribution in [1.82, 2.24) is 10.3 Å². The summed E-state index contributed by atoms with van der Waals surface area (Å²) < 4.78 is 6.62. The molecule has 3 aromatic rings. The molecule has 3 rings (SSSR count). The van der Waals surface area contributed by atoms with Crippen LogP contribution >= 0.6 is 11.3 Å². The highest BCUT2D eigenvalue weighted by Crippen LogP contribution is 2.26. The van der Waals surface area contributed by atoms with Crippen LogP contribution in [0.3, 0.4) is 0 Å². The van der Waals surface area contributed by atoms with Gasteiger partial charge in [-0.1, -0.05) is 31.2 Å². The van der Waals surface area contributed by atoms with Crippen LogP contribution in [-0.4, -0.2) is 24.0 Å². The molecule has 0 bridgehead atoms. The molecule has 0 aliphatic rings. The Morgan fingerprint density at radius 3 is 2.69 bits per heavy atom. The number of rotatable bonds is 8. The summed E-state index contributed by atoms with van der Waals surface area (Å²) in [4.78, 5) is 16.8. The van der Waals surface area contributed by atoms with E-state index in [1.54, 1.807) is 11.3 Å². The molecule has 0 aliphatic heterocycles. The number of aromatic nitrogens is 1. The average molecular weight is 369 g/mol. The Kier molecular flexibility index (Phi) is 6.23. The van der Waals surface area contributed by atoms with Gasteiger partial charge >= 0.3 is 0 Å². The number of aryl methyl sites for hydroxylation is 1. The Morgan fingerprint density at radius 1 is 1.19 bits per heavy atom. The standard InChI is InChI=1S/C21H24N2O2S/c1-3-25-17-11-8-16(9-12-17)10-13-20(24)22-14-15(2)21-23-18-6-4-5-7-19(18)26-21/h4-9,11-12,15H,3,10,13-14H2,1-2H3,(H,22,24). The third-order valence-electron chi connectivity index (χ3n) is 4.21. The largest absolute Gasteiger partial charge is 0.494 e. The van der Waals surface area contributed by atoms with Crippen LogP contribution in [0.4, 0.5) is 0 Å². The van der Waals surface area contributed by atoms with E-state index in [9.17, 15) is 4.79 Å². The number of para-hydroxylation sites is 1. The van der Waals surface area contributed by atoms with Crippen LogP contribution in [0.5, 0.6) is 5.75 Å².